The van der Waals surface area contributed by atoms with Crippen molar-refractivity contribution in [1.29, 1.82) is 5.26 Å². The van der Waals surface area contributed by atoms with Crippen LogP contribution in [0.15, 0.2) is 12.1 Å². The van der Waals surface area contributed by atoms with Gasteiger partial charge in [-0.3, -0.25) is 0 Å². The molecule has 2 nitrogen and oxygen atoms in total. The average Bonchev–Trinajstić information content (AvgIpc) is 2.43. The van der Waals surface area contributed by atoms with Crippen molar-refractivity contribution in [2.75, 3.05) is 0 Å². The lowest BCUT2D eigenvalue weighted by atomic mass is 10.1. The van der Waals surface area contributed by atoms with Crippen LogP contribution >= 0.6 is 58.0 Å². The van der Waals surface area contributed by atoms with E-state index in [0.29, 0.717) is 5.56 Å². The molecule has 8 heteroatoms. The Labute approximate surface area is 145 Å². The minimum Gasteiger partial charge on any atom is -0.220 e. The summed E-state index contributed by atoms with van der Waals surface area (Å²) < 4.78 is 13.6. The molecule has 0 radical (unpaired) electrons. The number of pyridine rings is 1. The second-order valence-corrected chi connectivity index (χ2v) is 5.85. The molecule has 0 atom stereocenters. The third-order valence-electron chi connectivity index (χ3n) is 2.60. The molecular weight excluding hydrogens is 380 g/mol. The topological polar surface area (TPSA) is 36.7 Å². The van der Waals surface area contributed by atoms with Crippen LogP contribution in [0.4, 0.5) is 4.39 Å². The molecule has 0 saturated carbocycles. The first kappa shape index (κ1) is 16.6. The van der Waals surface area contributed by atoms with Crippen molar-refractivity contribution in [3.05, 3.63) is 48.8 Å². The maximum atomic E-state index is 13.6. The van der Waals surface area contributed by atoms with E-state index < -0.39 is 5.95 Å². The van der Waals surface area contributed by atoms with Crippen LogP contribution < -0.4 is 0 Å². The summed E-state index contributed by atoms with van der Waals surface area (Å²) >= 11 is 30.0. The molecule has 1 heterocycles. The van der Waals surface area contributed by atoms with E-state index in [9.17, 15) is 4.39 Å². The number of nitriles is 1. The number of hydrogen-bond acceptors (Lipinski definition) is 2. The summed E-state index contributed by atoms with van der Waals surface area (Å²) in [5.41, 5.74) is 0.710. The summed E-state index contributed by atoms with van der Waals surface area (Å²) in [7, 11) is 0. The zero-order chi connectivity index (χ0) is 15.7. The molecule has 108 valence electrons. The molecule has 0 saturated heterocycles. The molecule has 0 unspecified atom stereocenters. The van der Waals surface area contributed by atoms with Gasteiger partial charge in [-0.15, -0.1) is 0 Å². The summed E-state index contributed by atoms with van der Waals surface area (Å²) in [6.07, 6.45) is 0.0106. The molecule has 0 aliphatic heterocycles. The van der Waals surface area contributed by atoms with Crippen molar-refractivity contribution >= 4 is 58.0 Å². The Morgan fingerprint density at radius 2 is 1.48 bits per heavy atom. The van der Waals surface area contributed by atoms with Gasteiger partial charge in [0.25, 0.3) is 0 Å². The van der Waals surface area contributed by atoms with Gasteiger partial charge in [0.2, 0.25) is 5.95 Å². The zero-order valence-electron chi connectivity index (χ0n) is 10.0. The van der Waals surface area contributed by atoms with Crippen LogP contribution in [0.25, 0.3) is 11.3 Å². The van der Waals surface area contributed by atoms with Crippen molar-refractivity contribution in [3.8, 4) is 17.3 Å². The third-order valence-corrected chi connectivity index (χ3v) is 4.88. The average molecular weight is 384 g/mol. The highest BCUT2D eigenvalue weighted by Crippen LogP contribution is 2.47. The Morgan fingerprint density at radius 1 is 0.952 bits per heavy atom. The van der Waals surface area contributed by atoms with Gasteiger partial charge in [0.05, 0.1) is 43.3 Å². The van der Waals surface area contributed by atoms with Crippen molar-refractivity contribution in [2.45, 2.75) is 6.42 Å². The second kappa shape index (κ2) is 6.56. The van der Waals surface area contributed by atoms with Crippen molar-refractivity contribution in [2.24, 2.45) is 0 Å². The van der Waals surface area contributed by atoms with Crippen LogP contribution in [0.1, 0.15) is 5.56 Å². The van der Waals surface area contributed by atoms with Gasteiger partial charge < -0.3 is 0 Å². The Morgan fingerprint density at radius 3 is 2.00 bits per heavy atom. The van der Waals surface area contributed by atoms with E-state index in [1.807, 2.05) is 6.07 Å². The molecule has 1 aromatic heterocycles. The standard InChI is InChI=1S/C13H4Cl5FN2/c14-9-8(10(15)12(17)13(18)11(9)16)6-3-5(1-2-20)4-7(19)21-6/h3-4H,1H2. The number of aromatic nitrogens is 1. The maximum Gasteiger partial charge on any atom is 0.213 e. The second-order valence-electron chi connectivity index (χ2n) is 3.96. The molecule has 0 bridgehead atoms. The van der Waals surface area contributed by atoms with Gasteiger partial charge in [-0.2, -0.15) is 9.65 Å². The summed E-state index contributed by atoms with van der Waals surface area (Å²) in [4.78, 5) is 3.71. The number of hydrogen-bond donors (Lipinski definition) is 0. The van der Waals surface area contributed by atoms with E-state index in [2.05, 4.69) is 4.98 Å². The minimum absolute atomic E-state index is 0.00405. The van der Waals surface area contributed by atoms with E-state index in [1.54, 1.807) is 0 Å². The largest absolute Gasteiger partial charge is 0.220 e. The minimum atomic E-state index is -0.771. The van der Waals surface area contributed by atoms with Crippen LogP contribution in [0, 0.1) is 17.3 Å². The fraction of sp³-hybridized carbons (Fsp3) is 0.0769. The van der Waals surface area contributed by atoms with Crippen LogP contribution in [-0.2, 0) is 6.42 Å². The van der Waals surface area contributed by atoms with Gasteiger partial charge in [-0.05, 0) is 17.7 Å². The lowest BCUT2D eigenvalue weighted by Crippen LogP contribution is -1.95. The first-order valence-electron chi connectivity index (χ1n) is 5.42. The monoisotopic (exact) mass is 382 g/mol. The molecular formula is C13H4Cl5FN2. The quantitative estimate of drug-likeness (QED) is 0.350. The van der Waals surface area contributed by atoms with Gasteiger partial charge in [0.15, 0.2) is 0 Å². The van der Waals surface area contributed by atoms with Crippen LogP contribution in [0.5, 0.6) is 0 Å². The summed E-state index contributed by atoms with van der Waals surface area (Å²) in [6, 6.07) is 4.55. The van der Waals surface area contributed by atoms with Gasteiger partial charge in [-0.25, -0.2) is 4.98 Å². The van der Waals surface area contributed by atoms with Crippen LogP contribution in [0.3, 0.4) is 0 Å². The van der Waals surface area contributed by atoms with Gasteiger partial charge in [-0.1, -0.05) is 58.0 Å². The summed E-state index contributed by atoms with van der Waals surface area (Å²) in [5.74, 6) is -0.771. The van der Waals surface area contributed by atoms with E-state index in [4.69, 9.17) is 63.3 Å². The molecule has 0 N–H and O–H groups in total. The molecule has 0 spiro atoms. The number of rotatable bonds is 2. The number of benzene rings is 1. The Balaban J connectivity index is 2.76. The lowest BCUT2D eigenvalue weighted by Gasteiger charge is -2.12. The fourth-order valence-corrected chi connectivity index (χ4v) is 3.03. The molecule has 2 rings (SSSR count). The Kier molecular flexibility index (Phi) is 5.19. The van der Waals surface area contributed by atoms with E-state index in [0.717, 1.165) is 6.07 Å². The molecule has 0 aliphatic carbocycles. The van der Waals surface area contributed by atoms with E-state index in [-0.39, 0.29) is 42.8 Å². The van der Waals surface area contributed by atoms with Crippen LogP contribution in [0.2, 0.25) is 25.1 Å². The smallest absolute Gasteiger partial charge is 0.213 e. The first-order valence-corrected chi connectivity index (χ1v) is 7.31. The first-order chi connectivity index (χ1) is 9.86. The van der Waals surface area contributed by atoms with Crippen LogP contribution in [-0.4, -0.2) is 4.98 Å². The third kappa shape index (κ3) is 3.21. The van der Waals surface area contributed by atoms with Gasteiger partial charge >= 0.3 is 0 Å². The Hall–Kier alpha value is -0.760. The molecule has 0 amide bonds. The van der Waals surface area contributed by atoms with Crippen molar-refractivity contribution < 1.29 is 4.39 Å². The predicted octanol–water partition coefficient (Wildman–Crippen LogP) is 6.22. The molecule has 1 aromatic carbocycles. The summed E-state index contributed by atoms with van der Waals surface area (Å²) in [5, 5.41) is 8.72. The molecule has 21 heavy (non-hydrogen) atoms. The number of halogens is 6. The van der Waals surface area contributed by atoms with Gasteiger partial charge in [0, 0.05) is 5.56 Å². The van der Waals surface area contributed by atoms with Gasteiger partial charge in [0.1, 0.15) is 0 Å². The molecule has 0 aliphatic rings. The zero-order valence-corrected chi connectivity index (χ0v) is 13.8. The predicted molar refractivity (Wildman–Crippen MR) is 84.0 cm³/mol. The lowest BCUT2D eigenvalue weighted by molar-refractivity contribution is 0.583. The fourth-order valence-electron chi connectivity index (χ4n) is 1.70. The highest BCUT2D eigenvalue weighted by molar-refractivity contribution is 6.56. The maximum absolute atomic E-state index is 13.6. The van der Waals surface area contributed by atoms with E-state index >= 15 is 0 Å². The summed E-state index contributed by atoms with van der Waals surface area (Å²) in [6.45, 7) is 0. The highest BCUT2D eigenvalue weighted by Gasteiger charge is 2.22. The number of nitrogens with zero attached hydrogens (tertiary/aromatic N) is 2. The van der Waals surface area contributed by atoms with Crippen molar-refractivity contribution in [3.63, 3.8) is 0 Å². The van der Waals surface area contributed by atoms with E-state index in [1.165, 1.54) is 6.07 Å². The highest BCUT2D eigenvalue weighted by atomic mass is 35.5. The molecule has 2 aromatic rings. The van der Waals surface area contributed by atoms with Crippen molar-refractivity contribution in [1.82, 2.24) is 4.98 Å². The molecule has 0 fully saturated rings. The Bertz CT molecular complexity index is 741. The SMILES string of the molecule is N#CCc1cc(F)nc(-c2c(Cl)c(Cl)c(Cl)c(Cl)c2Cl)c1. The normalized spacial score (nSPS) is 10.5.